The summed E-state index contributed by atoms with van der Waals surface area (Å²) in [6, 6.07) is 16.5. The van der Waals surface area contributed by atoms with Gasteiger partial charge in [0.1, 0.15) is 5.82 Å². The lowest BCUT2D eigenvalue weighted by Gasteiger charge is -2.03. The monoisotopic (exact) mass is 248 g/mol. The molecular weight excluding hydrogens is 236 g/mol. The number of hydrogen-bond donors (Lipinski definition) is 3. The number of aromatic amines is 2. The van der Waals surface area contributed by atoms with Crippen LogP contribution in [-0.4, -0.2) is 15.2 Å². The van der Waals surface area contributed by atoms with Crippen molar-refractivity contribution in [3.8, 4) is 0 Å². The van der Waals surface area contributed by atoms with Gasteiger partial charge in [-0.1, -0.05) is 18.2 Å². The summed E-state index contributed by atoms with van der Waals surface area (Å²) in [7, 11) is 0. The molecule has 0 saturated carbocycles. The second-order valence-electron chi connectivity index (χ2n) is 4.57. The number of fused-ring (bicyclic) bond motifs is 2. The molecule has 0 bridgehead atoms. The molecule has 19 heavy (non-hydrogen) atoms. The number of nitrogens with zero attached hydrogens (tertiary/aromatic N) is 1. The number of H-pyrrole nitrogens is 2. The van der Waals surface area contributed by atoms with Gasteiger partial charge >= 0.3 is 0 Å². The first-order chi connectivity index (χ1) is 9.38. The van der Waals surface area contributed by atoms with Gasteiger partial charge in [-0.05, 0) is 30.3 Å². The van der Waals surface area contributed by atoms with Crippen molar-refractivity contribution >= 4 is 33.3 Å². The third-order valence-electron chi connectivity index (χ3n) is 3.25. The van der Waals surface area contributed by atoms with Gasteiger partial charge in [-0.2, -0.15) is 5.10 Å². The molecule has 0 unspecified atom stereocenters. The molecule has 4 rings (SSSR count). The zero-order valence-corrected chi connectivity index (χ0v) is 10.1. The van der Waals surface area contributed by atoms with Gasteiger partial charge < -0.3 is 10.3 Å². The van der Waals surface area contributed by atoms with E-state index < -0.39 is 0 Å². The highest BCUT2D eigenvalue weighted by Gasteiger charge is 2.02. The van der Waals surface area contributed by atoms with Crippen molar-refractivity contribution in [3.05, 3.63) is 54.7 Å². The Labute approximate surface area is 109 Å². The van der Waals surface area contributed by atoms with Crippen LogP contribution in [0.25, 0.3) is 21.8 Å². The summed E-state index contributed by atoms with van der Waals surface area (Å²) in [6.07, 6.45) is 1.83. The quantitative estimate of drug-likeness (QED) is 0.505. The lowest BCUT2D eigenvalue weighted by Crippen LogP contribution is -1.89. The second kappa shape index (κ2) is 3.88. The highest BCUT2D eigenvalue weighted by Crippen LogP contribution is 2.23. The van der Waals surface area contributed by atoms with Crippen molar-refractivity contribution in [3.63, 3.8) is 0 Å². The van der Waals surface area contributed by atoms with E-state index in [2.05, 4.69) is 44.8 Å². The van der Waals surface area contributed by atoms with Crippen LogP contribution in [0.4, 0.5) is 11.5 Å². The van der Waals surface area contributed by atoms with Gasteiger partial charge in [-0.15, -0.1) is 0 Å². The predicted octanol–water partition coefficient (Wildman–Crippen LogP) is 3.79. The Bertz CT molecular complexity index is 823. The molecule has 2 heterocycles. The fraction of sp³-hybridized carbons (Fsp3) is 0. The molecule has 0 aliphatic carbocycles. The molecule has 0 fully saturated rings. The van der Waals surface area contributed by atoms with Crippen molar-refractivity contribution in [1.82, 2.24) is 15.2 Å². The fourth-order valence-electron chi connectivity index (χ4n) is 2.32. The third-order valence-corrected chi connectivity index (χ3v) is 3.25. The minimum atomic E-state index is 0.990. The number of aromatic nitrogens is 3. The largest absolute Gasteiger partial charge is 0.342 e. The van der Waals surface area contributed by atoms with Gasteiger partial charge in [0.05, 0.1) is 11.7 Å². The van der Waals surface area contributed by atoms with Crippen molar-refractivity contribution in [1.29, 1.82) is 0 Å². The van der Waals surface area contributed by atoms with E-state index in [0.717, 1.165) is 27.9 Å². The standard InChI is InChI=1S/C15H12N4/c1-2-4-13-10(3-1)8-15(18-13)17-12-5-6-14-11(7-12)9-16-19-14/h1-9,17-18H,(H,16,19). The van der Waals surface area contributed by atoms with Crippen LogP contribution in [0.2, 0.25) is 0 Å². The molecule has 0 spiro atoms. The Morgan fingerprint density at radius 2 is 1.84 bits per heavy atom. The summed E-state index contributed by atoms with van der Waals surface area (Å²) in [5, 5.41) is 12.6. The van der Waals surface area contributed by atoms with Crippen LogP contribution >= 0.6 is 0 Å². The van der Waals surface area contributed by atoms with Crippen LogP contribution in [0, 0.1) is 0 Å². The maximum absolute atomic E-state index is 4.02. The van der Waals surface area contributed by atoms with Gasteiger partial charge in [0.25, 0.3) is 0 Å². The highest BCUT2D eigenvalue weighted by atomic mass is 15.1. The minimum Gasteiger partial charge on any atom is -0.342 e. The number of nitrogens with one attached hydrogen (secondary N) is 3. The lowest BCUT2D eigenvalue weighted by atomic mass is 10.2. The van der Waals surface area contributed by atoms with Crippen LogP contribution in [0.15, 0.2) is 54.7 Å². The molecule has 0 aliphatic heterocycles. The molecule has 3 N–H and O–H groups in total. The zero-order chi connectivity index (χ0) is 12.7. The number of anilines is 2. The average Bonchev–Trinajstić information content (AvgIpc) is 3.03. The Balaban J connectivity index is 1.72. The Morgan fingerprint density at radius 1 is 0.895 bits per heavy atom. The average molecular weight is 248 g/mol. The molecule has 0 amide bonds. The van der Waals surface area contributed by atoms with Gasteiger partial charge in [0, 0.05) is 22.0 Å². The van der Waals surface area contributed by atoms with Crippen LogP contribution in [0.1, 0.15) is 0 Å². The summed E-state index contributed by atoms with van der Waals surface area (Å²) >= 11 is 0. The van der Waals surface area contributed by atoms with Gasteiger partial charge in [-0.25, -0.2) is 0 Å². The summed E-state index contributed by atoms with van der Waals surface area (Å²) < 4.78 is 0. The Hall–Kier alpha value is -2.75. The van der Waals surface area contributed by atoms with Crippen LogP contribution < -0.4 is 5.32 Å². The van der Waals surface area contributed by atoms with E-state index in [-0.39, 0.29) is 0 Å². The second-order valence-corrected chi connectivity index (χ2v) is 4.57. The first-order valence-electron chi connectivity index (χ1n) is 6.16. The van der Waals surface area contributed by atoms with Crippen molar-refractivity contribution in [2.24, 2.45) is 0 Å². The molecule has 4 heteroatoms. The van der Waals surface area contributed by atoms with Gasteiger partial charge in [0.2, 0.25) is 0 Å². The van der Waals surface area contributed by atoms with Gasteiger partial charge in [-0.3, -0.25) is 5.10 Å². The van der Waals surface area contributed by atoms with E-state index in [9.17, 15) is 0 Å². The normalized spacial score (nSPS) is 11.2. The first-order valence-corrected chi connectivity index (χ1v) is 6.16. The SMILES string of the molecule is c1ccc2[nH]c(Nc3ccc4[nH]ncc4c3)cc2c1. The van der Waals surface area contributed by atoms with Gasteiger partial charge in [0.15, 0.2) is 0 Å². The lowest BCUT2D eigenvalue weighted by molar-refractivity contribution is 1.12. The first kappa shape index (κ1) is 10.2. The predicted molar refractivity (Wildman–Crippen MR) is 77.7 cm³/mol. The smallest absolute Gasteiger partial charge is 0.108 e. The van der Waals surface area contributed by atoms with E-state index in [1.54, 1.807) is 0 Å². The van der Waals surface area contributed by atoms with Crippen molar-refractivity contribution in [2.75, 3.05) is 5.32 Å². The van der Waals surface area contributed by atoms with E-state index >= 15 is 0 Å². The number of benzene rings is 2. The molecular formula is C15H12N4. The summed E-state index contributed by atoms with van der Waals surface area (Å²) in [5.41, 5.74) is 3.22. The fourth-order valence-corrected chi connectivity index (χ4v) is 2.32. The summed E-state index contributed by atoms with van der Waals surface area (Å²) in [5.74, 6) is 0.990. The van der Waals surface area contributed by atoms with E-state index in [1.807, 2.05) is 30.5 Å². The van der Waals surface area contributed by atoms with Crippen LogP contribution in [-0.2, 0) is 0 Å². The topological polar surface area (TPSA) is 56.5 Å². The molecule has 4 nitrogen and oxygen atoms in total. The zero-order valence-electron chi connectivity index (χ0n) is 10.1. The molecule has 4 aromatic rings. The summed E-state index contributed by atoms with van der Waals surface area (Å²) in [4.78, 5) is 3.35. The highest BCUT2D eigenvalue weighted by molar-refractivity contribution is 5.86. The Kier molecular flexibility index (Phi) is 2.08. The molecule has 0 radical (unpaired) electrons. The molecule has 0 saturated heterocycles. The maximum atomic E-state index is 4.02. The maximum Gasteiger partial charge on any atom is 0.108 e. The van der Waals surface area contributed by atoms with E-state index in [0.29, 0.717) is 0 Å². The third kappa shape index (κ3) is 1.74. The molecule has 0 atom stereocenters. The minimum absolute atomic E-state index is 0.990. The van der Waals surface area contributed by atoms with Crippen LogP contribution in [0.3, 0.4) is 0 Å². The summed E-state index contributed by atoms with van der Waals surface area (Å²) in [6.45, 7) is 0. The number of rotatable bonds is 2. The molecule has 92 valence electrons. The number of para-hydroxylation sites is 1. The number of hydrogen-bond acceptors (Lipinski definition) is 2. The molecule has 2 aromatic carbocycles. The molecule has 0 aliphatic rings. The Morgan fingerprint density at radius 3 is 2.79 bits per heavy atom. The van der Waals surface area contributed by atoms with E-state index in [4.69, 9.17) is 0 Å². The van der Waals surface area contributed by atoms with Crippen molar-refractivity contribution in [2.45, 2.75) is 0 Å². The van der Waals surface area contributed by atoms with Crippen LogP contribution in [0.5, 0.6) is 0 Å². The van der Waals surface area contributed by atoms with E-state index in [1.165, 1.54) is 5.39 Å². The molecule has 2 aromatic heterocycles. The van der Waals surface area contributed by atoms with Crippen molar-refractivity contribution < 1.29 is 0 Å².